The summed E-state index contributed by atoms with van der Waals surface area (Å²) in [5.41, 5.74) is 5.66. The van der Waals surface area contributed by atoms with Crippen molar-refractivity contribution < 1.29 is 0 Å². The molecule has 1 atom stereocenters. The number of hydrogen-bond donors (Lipinski definition) is 1. The Kier molecular flexibility index (Phi) is 3.82. The van der Waals surface area contributed by atoms with Crippen LogP contribution in [0.25, 0.3) is 0 Å². The minimum Gasteiger partial charge on any atom is -0.329 e. The van der Waals surface area contributed by atoms with Crippen molar-refractivity contribution in [2.75, 3.05) is 19.6 Å². The van der Waals surface area contributed by atoms with Gasteiger partial charge in [-0.3, -0.25) is 4.90 Å². The third-order valence-electron chi connectivity index (χ3n) is 4.02. The van der Waals surface area contributed by atoms with Gasteiger partial charge in [0.2, 0.25) is 0 Å². The zero-order valence-electron chi connectivity index (χ0n) is 9.25. The second-order valence-electron chi connectivity index (χ2n) is 4.93. The molecule has 0 aromatic heterocycles. The maximum atomic E-state index is 5.66. The topological polar surface area (TPSA) is 29.3 Å². The van der Waals surface area contributed by atoms with Gasteiger partial charge >= 0.3 is 0 Å². The SMILES string of the molecule is NCCN1CCC[C@@H]1C1CCCCC1. The Balaban J connectivity index is 1.87. The van der Waals surface area contributed by atoms with Gasteiger partial charge in [-0.1, -0.05) is 19.3 Å². The second-order valence-corrected chi connectivity index (χ2v) is 4.93. The molecule has 0 amide bonds. The van der Waals surface area contributed by atoms with E-state index >= 15 is 0 Å². The Bertz CT molecular complexity index is 164. The van der Waals surface area contributed by atoms with Crippen LogP contribution in [0.3, 0.4) is 0 Å². The molecule has 1 saturated heterocycles. The molecule has 0 bridgehead atoms. The Labute approximate surface area is 87.8 Å². The largest absolute Gasteiger partial charge is 0.329 e. The molecule has 2 aliphatic rings. The summed E-state index contributed by atoms with van der Waals surface area (Å²) >= 11 is 0. The van der Waals surface area contributed by atoms with E-state index in [1.54, 1.807) is 0 Å². The zero-order chi connectivity index (χ0) is 9.80. The lowest BCUT2D eigenvalue weighted by Gasteiger charge is -2.33. The third-order valence-corrected chi connectivity index (χ3v) is 4.02. The van der Waals surface area contributed by atoms with Crippen LogP contribution in [-0.4, -0.2) is 30.6 Å². The molecule has 1 aliphatic carbocycles. The van der Waals surface area contributed by atoms with Crippen molar-refractivity contribution in [3.63, 3.8) is 0 Å². The van der Waals surface area contributed by atoms with Crippen molar-refractivity contribution in [1.29, 1.82) is 0 Å². The maximum absolute atomic E-state index is 5.66. The lowest BCUT2D eigenvalue weighted by Crippen LogP contribution is -2.39. The van der Waals surface area contributed by atoms with Gasteiger partial charge in [0.05, 0.1) is 0 Å². The molecule has 0 aromatic rings. The molecule has 0 aromatic carbocycles. The molecular formula is C12H24N2. The predicted molar refractivity (Wildman–Crippen MR) is 60.2 cm³/mol. The van der Waals surface area contributed by atoms with Gasteiger partial charge in [0.25, 0.3) is 0 Å². The predicted octanol–water partition coefficient (Wildman–Crippen LogP) is 1.99. The van der Waals surface area contributed by atoms with Crippen molar-refractivity contribution in [3.8, 4) is 0 Å². The van der Waals surface area contributed by atoms with Gasteiger partial charge in [-0.2, -0.15) is 0 Å². The third kappa shape index (κ3) is 2.29. The van der Waals surface area contributed by atoms with Gasteiger partial charge < -0.3 is 5.73 Å². The van der Waals surface area contributed by atoms with Crippen molar-refractivity contribution in [3.05, 3.63) is 0 Å². The molecule has 2 heteroatoms. The van der Waals surface area contributed by atoms with Crippen LogP contribution >= 0.6 is 0 Å². The summed E-state index contributed by atoms with van der Waals surface area (Å²) in [6.07, 6.45) is 10.2. The number of hydrogen-bond acceptors (Lipinski definition) is 2. The van der Waals surface area contributed by atoms with Crippen molar-refractivity contribution >= 4 is 0 Å². The Morgan fingerprint density at radius 2 is 1.79 bits per heavy atom. The summed E-state index contributed by atoms with van der Waals surface area (Å²) in [5, 5.41) is 0. The Hall–Kier alpha value is -0.0800. The molecule has 2 nitrogen and oxygen atoms in total. The fourth-order valence-electron chi connectivity index (χ4n) is 3.35. The molecule has 82 valence electrons. The van der Waals surface area contributed by atoms with E-state index < -0.39 is 0 Å². The summed E-state index contributed by atoms with van der Waals surface area (Å²) in [7, 11) is 0. The van der Waals surface area contributed by atoms with E-state index in [4.69, 9.17) is 5.73 Å². The highest BCUT2D eigenvalue weighted by Crippen LogP contribution is 2.33. The lowest BCUT2D eigenvalue weighted by molar-refractivity contribution is 0.161. The maximum Gasteiger partial charge on any atom is 0.0124 e. The average molecular weight is 196 g/mol. The molecule has 0 radical (unpaired) electrons. The van der Waals surface area contributed by atoms with E-state index in [9.17, 15) is 0 Å². The minimum atomic E-state index is 0.837. The quantitative estimate of drug-likeness (QED) is 0.748. The van der Waals surface area contributed by atoms with E-state index in [1.165, 1.54) is 51.5 Å². The zero-order valence-corrected chi connectivity index (χ0v) is 9.25. The van der Waals surface area contributed by atoms with Gasteiger partial charge in [0, 0.05) is 19.1 Å². The molecule has 2 fully saturated rings. The van der Waals surface area contributed by atoms with E-state index in [1.807, 2.05) is 0 Å². The minimum absolute atomic E-state index is 0.837. The number of rotatable bonds is 3. The Morgan fingerprint density at radius 3 is 2.50 bits per heavy atom. The van der Waals surface area contributed by atoms with Crippen LogP contribution in [0, 0.1) is 5.92 Å². The van der Waals surface area contributed by atoms with E-state index in [0.717, 1.165) is 25.0 Å². The monoisotopic (exact) mass is 196 g/mol. The molecule has 1 saturated carbocycles. The molecule has 0 unspecified atom stereocenters. The fourth-order valence-corrected chi connectivity index (χ4v) is 3.35. The highest BCUT2D eigenvalue weighted by molar-refractivity contribution is 4.86. The number of nitrogens with two attached hydrogens (primary N) is 1. The molecule has 2 N–H and O–H groups in total. The summed E-state index contributed by atoms with van der Waals surface area (Å²) < 4.78 is 0. The van der Waals surface area contributed by atoms with Gasteiger partial charge in [-0.25, -0.2) is 0 Å². The smallest absolute Gasteiger partial charge is 0.0124 e. The van der Waals surface area contributed by atoms with Crippen LogP contribution in [0.2, 0.25) is 0 Å². The highest BCUT2D eigenvalue weighted by Gasteiger charge is 2.31. The summed E-state index contributed by atoms with van der Waals surface area (Å²) in [6, 6.07) is 0.888. The highest BCUT2D eigenvalue weighted by atomic mass is 15.2. The van der Waals surface area contributed by atoms with Crippen molar-refractivity contribution in [2.45, 2.75) is 51.0 Å². The molecule has 1 aliphatic heterocycles. The molecule has 0 spiro atoms. The number of likely N-dealkylation sites (tertiary alicyclic amines) is 1. The molecule has 1 heterocycles. The normalized spacial score (nSPS) is 31.1. The Morgan fingerprint density at radius 1 is 1.00 bits per heavy atom. The standard InChI is InChI=1S/C12H24N2/c13-8-10-14-9-4-7-12(14)11-5-2-1-3-6-11/h11-12H,1-10,13H2/t12-/m1/s1. The van der Waals surface area contributed by atoms with E-state index in [-0.39, 0.29) is 0 Å². The summed E-state index contributed by atoms with van der Waals surface area (Å²) in [4.78, 5) is 2.65. The second kappa shape index (κ2) is 5.13. The molecule has 2 rings (SSSR count). The van der Waals surface area contributed by atoms with Crippen LogP contribution in [-0.2, 0) is 0 Å². The van der Waals surface area contributed by atoms with Crippen LogP contribution in [0.1, 0.15) is 44.9 Å². The summed E-state index contributed by atoms with van der Waals surface area (Å²) in [6.45, 7) is 3.27. The van der Waals surface area contributed by atoms with Gasteiger partial charge in [0.15, 0.2) is 0 Å². The number of nitrogens with zero attached hydrogens (tertiary/aromatic N) is 1. The van der Waals surface area contributed by atoms with Gasteiger partial charge in [-0.05, 0) is 38.1 Å². The van der Waals surface area contributed by atoms with E-state index in [0.29, 0.717) is 0 Å². The first-order valence-corrected chi connectivity index (χ1v) is 6.36. The average Bonchev–Trinajstić information content (AvgIpc) is 2.68. The fraction of sp³-hybridized carbons (Fsp3) is 1.00. The molecular weight excluding hydrogens is 172 g/mol. The first-order valence-electron chi connectivity index (χ1n) is 6.36. The van der Waals surface area contributed by atoms with Gasteiger partial charge in [-0.15, -0.1) is 0 Å². The van der Waals surface area contributed by atoms with Crippen LogP contribution in [0.4, 0.5) is 0 Å². The van der Waals surface area contributed by atoms with Crippen LogP contribution in [0.5, 0.6) is 0 Å². The van der Waals surface area contributed by atoms with E-state index in [2.05, 4.69) is 4.90 Å². The van der Waals surface area contributed by atoms with Crippen LogP contribution < -0.4 is 5.73 Å². The summed E-state index contributed by atoms with van der Waals surface area (Å²) in [5.74, 6) is 0.998. The first kappa shape index (κ1) is 10.4. The van der Waals surface area contributed by atoms with Crippen molar-refractivity contribution in [2.24, 2.45) is 11.7 Å². The van der Waals surface area contributed by atoms with Crippen molar-refractivity contribution in [1.82, 2.24) is 4.90 Å². The first-order chi connectivity index (χ1) is 6.92. The molecule has 14 heavy (non-hydrogen) atoms. The van der Waals surface area contributed by atoms with Gasteiger partial charge in [0.1, 0.15) is 0 Å². The lowest BCUT2D eigenvalue weighted by atomic mass is 9.83. The van der Waals surface area contributed by atoms with Crippen LogP contribution in [0.15, 0.2) is 0 Å².